The number of allylic oxidation sites excluding steroid dienone is 1. The first-order valence-corrected chi connectivity index (χ1v) is 8.20. The van der Waals surface area contributed by atoms with Crippen molar-refractivity contribution in [1.82, 2.24) is 0 Å². The molecule has 0 saturated heterocycles. The van der Waals surface area contributed by atoms with Gasteiger partial charge in [0.1, 0.15) is 0 Å². The molecule has 0 aliphatic heterocycles. The molecule has 0 radical (unpaired) electrons. The fourth-order valence-electron chi connectivity index (χ4n) is 3.00. The van der Waals surface area contributed by atoms with Crippen LogP contribution in [0.4, 0.5) is 0 Å². The van der Waals surface area contributed by atoms with Crippen molar-refractivity contribution in [3.63, 3.8) is 0 Å². The number of hydrogen-bond acceptors (Lipinski definition) is 0. The van der Waals surface area contributed by atoms with E-state index in [-0.39, 0.29) is 0 Å². The van der Waals surface area contributed by atoms with E-state index in [0.717, 1.165) is 6.42 Å². The van der Waals surface area contributed by atoms with Crippen molar-refractivity contribution in [2.24, 2.45) is 0 Å². The Morgan fingerprint density at radius 1 is 0.609 bits per heavy atom. The van der Waals surface area contributed by atoms with E-state index in [1.165, 1.54) is 33.4 Å². The summed E-state index contributed by atoms with van der Waals surface area (Å²) in [7, 11) is 0. The maximum absolute atomic E-state index is 2.24. The lowest BCUT2D eigenvalue weighted by atomic mass is 9.88. The molecule has 3 aromatic carbocycles. The van der Waals surface area contributed by atoms with Gasteiger partial charge in [-0.1, -0.05) is 97.4 Å². The van der Waals surface area contributed by atoms with Gasteiger partial charge in [-0.2, -0.15) is 0 Å². The number of aryl methyl sites for hydroxylation is 1. The first kappa shape index (κ1) is 15.3. The zero-order valence-electron chi connectivity index (χ0n) is 13.8. The standard InChI is InChI=1S/C23H22/c1-3-22(19-16-14-18(2)15-17-19)23(20-10-6-4-7-11-20)21-12-8-5-9-13-21/h4-17H,3H2,1-2H3. The van der Waals surface area contributed by atoms with Crippen molar-refractivity contribution in [1.29, 1.82) is 0 Å². The third-order valence-electron chi connectivity index (χ3n) is 4.18. The topological polar surface area (TPSA) is 0 Å². The Bertz CT molecular complexity index is 737. The molecule has 0 fully saturated rings. The van der Waals surface area contributed by atoms with Gasteiger partial charge in [0, 0.05) is 0 Å². The van der Waals surface area contributed by atoms with Crippen molar-refractivity contribution in [2.45, 2.75) is 20.3 Å². The van der Waals surface area contributed by atoms with Crippen LogP contribution in [0.5, 0.6) is 0 Å². The van der Waals surface area contributed by atoms with Crippen LogP contribution >= 0.6 is 0 Å². The van der Waals surface area contributed by atoms with Gasteiger partial charge in [0.05, 0.1) is 0 Å². The summed E-state index contributed by atoms with van der Waals surface area (Å²) in [4.78, 5) is 0. The maximum atomic E-state index is 2.24. The molecule has 0 aromatic heterocycles. The SMILES string of the molecule is CCC(=C(c1ccccc1)c1ccccc1)c1ccc(C)cc1. The Balaban J connectivity index is 2.25. The highest BCUT2D eigenvalue weighted by Crippen LogP contribution is 2.34. The van der Waals surface area contributed by atoms with Crippen LogP contribution in [-0.4, -0.2) is 0 Å². The van der Waals surface area contributed by atoms with Crippen molar-refractivity contribution >= 4 is 11.1 Å². The fraction of sp³-hybridized carbons (Fsp3) is 0.130. The van der Waals surface area contributed by atoms with Gasteiger partial charge in [-0.3, -0.25) is 0 Å². The van der Waals surface area contributed by atoms with Gasteiger partial charge in [-0.25, -0.2) is 0 Å². The Labute approximate surface area is 139 Å². The van der Waals surface area contributed by atoms with Gasteiger partial charge < -0.3 is 0 Å². The molecule has 0 amide bonds. The molecular weight excluding hydrogens is 276 g/mol. The third-order valence-corrected chi connectivity index (χ3v) is 4.18. The van der Waals surface area contributed by atoms with Crippen LogP contribution in [0.15, 0.2) is 84.9 Å². The molecule has 0 aliphatic rings. The molecule has 0 bridgehead atoms. The first-order chi connectivity index (χ1) is 11.3. The Morgan fingerprint density at radius 2 is 1.09 bits per heavy atom. The monoisotopic (exact) mass is 298 g/mol. The average molecular weight is 298 g/mol. The second-order valence-electron chi connectivity index (χ2n) is 5.81. The molecule has 114 valence electrons. The van der Waals surface area contributed by atoms with Crippen LogP contribution in [0.3, 0.4) is 0 Å². The molecule has 0 N–H and O–H groups in total. The molecule has 0 heteroatoms. The van der Waals surface area contributed by atoms with Crippen molar-refractivity contribution in [3.8, 4) is 0 Å². The molecule has 0 aliphatic carbocycles. The first-order valence-electron chi connectivity index (χ1n) is 8.20. The van der Waals surface area contributed by atoms with Gasteiger partial charge in [0.15, 0.2) is 0 Å². The summed E-state index contributed by atoms with van der Waals surface area (Å²) in [6, 6.07) is 30.3. The van der Waals surface area contributed by atoms with Gasteiger partial charge in [-0.15, -0.1) is 0 Å². The molecule has 3 rings (SSSR count). The quantitative estimate of drug-likeness (QED) is 0.491. The minimum absolute atomic E-state index is 1.00. The molecule has 0 saturated carbocycles. The van der Waals surface area contributed by atoms with Crippen LogP contribution in [0, 0.1) is 6.92 Å². The lowest BCUT2D eigenvalue weighted by Gasteiger charge is -2.16. The number of benzene rings is 3. The molecule has 0 heterocycles. The predicted octanol–water partition coefficient (Wildman–Crippen LogP) is 6.36. The summed E-state index contributed by atoms with van der Waals surface area (Å²) in [5.41, 5.74) is 7.87. The largest absolute Gasteiger partial charge is 0.0622 e. The molecule has 0 nitrogen and oxygen atoms in total. The van der Waals surface area contributed by atoms with Gasteiger partial charge in [0.25, 0.3) is 0 Å². The van der Waals surface area contributed by atoms with E-state index in [9.17, 15) is 0 Å². The van der Waals surface area contributed by atoms with E-state index in [4.69, 9.17) is 0 Å². The fourth-order valence-corrected chi connectivity index (χ4v) is 3.00. The van der Waals surface area contributed by atoms with E-state index in [1.54, 1.807) is 0 Å². The second kappa shape index (κ2) is 7.11. The molecule has 0 unspecified atom stereocenters. The van der Waals surface area contributed by atoms with Gasteiger partial charge in [-0.05, 0) is 41.2 Å². The van der Waals surface area contributed by atoms with Crippen LogP contribution in [0.25, 0.3) is 11.1 Å². The van der Waals surface area contributed by atoms with Crippen LogP contribution in [0.1, 0.15) is 35.6 Å². The van der Waals surface area contributed by atoms with Gasteiger partial charge in [0.2, 0.25) is 0 Å². The van der Waals surface area contributed by atoms with Crippen molar-refractivity contribution < 1.29 is 0 Å². The highest BCUT2D eigenvalue weighted by atomic mass is 14.2. The summed E-state index contributed by atoms with van der Waals surface area (Å²) in [6.45, 7) is 4.37. The van der Waals surface area contributed by atoms with E-state index in [1.807, 2.05) is 0 Å². The highest BCUT2D eigenvalue weighted by Gasteiger charge is 2.12. The van der Waals surface area contributed by atoms with Crippen LogP contribution in [0.2, 0.25) is 0 Å². The molecule has 0 atom stereocenters. The van der Waals surface area contributed by atoms with Crippen LogP contribution < -0.4 is 0 Å². The minimum atomic E-state index is 1.00. The Hall–Kier alpha value is -2.60. The maximum Gasteiger partial charge on any atom is -0.00735 e. The van der Waals surface area contributed by atoms with E-state index >= 15 is 0 Å². The summed E-state index contributed by atoms with van der Waals surface area (Å²) >= 11 is 0. The lowest BCUT2D eigenvalue weighted by Crippen LogP contribution is -1.94. The predicted molar refractivity (Wildman–Crippen MR) is 100 cm³/mol. The van der Waals surface area contributed by atoms with Crippen molar-refractivity contribution in [2.75, 3.05) is 0 Å². The summed E-state index contributed by atoms with van der Waals surface area (Å²) < 4.78 is 0. The summed E-state index contributed by atoms with van der Waals surface area (Å²) in [5.74, 6) is 0. The van der Waals surface area contributed by atoms with E-state index in [2.05, 4.69) is 98.8 Å². The normalized spacial score (nSPS) is 10.3. The van der Waals surface area contributed by atoms with Crippen molar-refractivity contribution in [3.05, 3.63) is 107 Å². The van der Waals surface area contributed by atoms with E-state index < -0.39 is 0 Å². The van der Waals surface area contributed by atoms with Gasteiger partial charge >= 0.3 is 0 Å². The summed E-state index contributed by atoms with van der Waals surface area (Å²) in [6.07, 6.45) is 1.00. The lowest BCUT2D eigenvalue weighted by molar-refractivity contribution is 1.23. The Morgan fingerprint density at radius 3 is 1.52 bits per heavy atom. The number of rotatable bonds is 4. The molecule has 3 aromatic rings. The molecule has 23 heavy (non-hydrogen) atoms. The summed E-state index contributed by atoms with van der Waals surface area (Å²) in [5, 5.41) is 0. The molecular formula is C23H22. The zero-order chi connectivity index (χ0) is 16.1. The highest BCUT2D eigenvalue weighted by molar-refractivity contribution is 5.98. The Kier molecular flexibility index (Phi) is 4.73. The van der Waals surface area contributed by atoms with Crippen LogP contribution in [-0.2, 0) is 0 Å². The van der Waals surface area contributed by atoms with E-state index in [0.29, 0.717) is 0 Å². The number of hydrogen-bond donors (Lipinski definition) is 0. The average Bonchev–Trinajstić information content (AvgIpc) is 2.62. The smallest absolute Gasteiger partial charge is 0.00735 e. The second-order valence-corrected chi connectivity index (χ2v) is 5.81. The minimum Gasteiger partial charge on any atom is -0.0622 e. The third kappa shape index (κ3) is 3.43. The molecule has 0 spiro atoms. The zero-order valence-corrected chi connectivity index (χ0v) is 13.8.